The van der Waals surface area contributed by atoms with E-state index in [1.54, 1.807) is 18.3 Å². The van der Waals surface area contributed by atoms with Crippen molar-refractivity contribution in [1.29, 1.82) is 0 Å². The molecule has 0 aliphatic carbocycles. The first kappa shape index (κ1) is 31.5. The van der Waals surface area contributed by atoms with Crippen LogP contribution >= 0.6 is 0 Å². The maximum Gasteiger partial charge on any atom is 0.338 e. The van der Waals surface area contributed by atoms with E-state index in [9.17, 15) is 9.18 Å². The van der Waals surface area contributed by atoms with Gasteiger partial charge >= 0.3 is 5.97 Å². The first-order valence-corrected chi connectivity index (χ1v) is 15.0. The number of hydrogen-bond donors (Lipinski definition) is 0. The molecule has 0 spiro atoms. The largest absolute Gasteiger partial charge is 0.494 e. The number of unbranched alkanes of at least 4 members (excludes halogenated alkanes) is 3. The van der Waals surface area contributed by atoms with Gasteiger partial charge in [0.05, 0.1) is 31.1 Å². The second-order valence-corrected chi connectivity index (χ2v) is 10.6. The van der Waals surface area contributed by atoms with Crippen LogP contribution in [0.15, 0.2) is 102 Å². The van der Waals surface area contributed by atoms with Gasteiger partial charge in [-0.05, 0) is 121 Å². The number of ether oxygens (including phenoxy) is 3. The summed E-state index contributed by atoms with van der Waals surface area (Å²) in [7, 11) is 0. The van der Waals surface area contributed by atoms with Gasteiger partial charge in [-0.1, -0.05) is 44.5 Å². The predicted molar refractivity (Wildman–Crippen MR) is 171 cm³/mol. The van der Waals surface area contributed by atoms with Crippen LogP contribution < -0.4 is 9.47 Å². The highest BCUT2D eigenvalue weighted by Crippen LogP contribution is 2.23. The normalized spacial score (nSPS) is 11.8. The Kier molecular flexibility index (Phi) is 12.3. The van der Waals surface area contributed by atoms with Crippen LogP contribution in [0.25, 0.3) is 11.1 Å². The summed E-state index contributed by atoms with van der Waals surface area (Å²) in [6.07, 6.45) is 6.86. The molecule has 0 fully saturated rings. The summed E-state index contributed by atoms with van der Waals surface area (Å²) in [6, 6.07) is 29.4. The van der Waals surface area contributed by atoms with Gasteiger partial charge in [-0.25, -0.2) is 9.18 Å². The maximum absolute atomic E-state index is 13.0. The number of halogens is 1. The molecule has 4 aromatic carbocycles. The average molecular weight is 582 g/mol. The van der Waals surface area contributed by atoms with Crippen molar-refractivity contribution < 1.29 is 23.4 Å². The highest BCUT2D eigenvalue weighted by atomic mass is 19.1. The SMILES string of the molecule is CCC(C)COC(=O)c1ccc(-c2ccc(OCCCCCCOc3ccc(C=Nc4ccc(F)cc4)cc3)cc2)cc1. The minimum Gasteiger partial charge on any atom is -0.494 e. The molecule has 1 unspecified atom stereocenters. The molecule has 0 radical (unpaired) electrons. The third-order valence-electron chi connectivity index (χ3n) is 7.15. The van der Waals surface area contributed by atoms with Crippen LogP contribution in [0.2, 0.25) is 0 Å². The van der Waals surface area contributed by atoms with Crippen LogP contribution in [0.1, 0.15) is 61.9 Å². The van der Waals surface area contributed by atoms with Crippen molar-refractivity contribution in [2.45, 2.75) is 46.0 Å². The zero-order valence-corrected chi connectivity index (χ0v) is 25.0. The number of rotatable bonds is 16. The Labute approximate surface area is 254 Å². The van der Waals surface area contributed by atoms with Gasteiger partial charge in [0.1, 0.15) is 17.3 Å². The molecule has 0 aliphatic heterocycles. The fraction of sp³-hybridized carbons (Fsp3) is 0.297. The zero-order valence-electron chi connectivity index (χ0n) is 25.0. The lowest BCUT2D eigenvalue weighted by Crippen LogP contribution is -2.11. The lowest BCUT2D eigenvalue weighted by atomic mass is 10.0. The fourth-order valence-corrected chi connectivity index (χ4v) is 4.23. The van der Waals surface area contributed by atoms with E-state index in [1.807, 2.05) is 72.8 Å². The van der Waals surface area contributed by atoms with E-state index in [2.05, 4.69) is 18.8 Å². The number of esters is 1. The van der Waals surface area contributed by atoms with Crippen molar-refractivity contribution in [2.75, 3.05) is 19.8 Å². The first-order chi connectivity index (χ1) is 21.0. The van der Waals surface area contributed by atoms with Gasteiger partial charge in [0.2, 0.25) is 0 Å². The van der Waals surface area contributed by atoms with E-state index in [0.717, 1.165) is 60.3 Å². The summed E-state index contributed by atoms with van der Waals surface area (Å²) in [5, 5.41) is 0. The van der Waals surface area contributed by atoms with Crippen molar-refractivity contribution in [3.63, 3.8) is 0 Å². The number of carbonyl (C=O) groups is 1. The second kappa shape index (κ2) is 16.9. The lowest BCUT2D eigenvalue weighted by molar-refractivity contribution is 0.0447. The lowest BCUT2D eigenvalue weighted by Gasteiger charge is -2.10. The molecule has 0 heterocycles. The fourth-order valence-electron chi connectivity index (χ4n) is 4.23. The molecule has 6 heteroatoms. The van der Waals surface area contributed by atoms with Gasteiger partial charge in [0.15, 0.2) is 0 Å². The summed E-state index contributed by atoms with van der Waals surface area (Å²) in [5.74, 6) is 1.50. The molecule has 0 saturated carbocycles. The highest BCUT2D eigenvalue weighted by molar-refractivity contribution is 5.90. The number of benzene rings is 4. The molecule has 224 valence electrons. The van der Waals surface area contributed by atoms with E-state index in [0.29, 0.717) is 37.0 Å². The van der Waals surface area contributed by atoms with Gasteiger partial charge in [-0.3, -0.25) is 4.99 Å². The monoisotopic (exact) mass is 581 g/mol. The maximum atomic E-state index is 13.0. The topological polar surface area (TPSA) is 57.1 Å². The highest BCUT2D eigenvalue weighted by Gasteiger charge is 2.09. The van der Waals surface area contributed by atoms with Crippen molar-refractivity contribution in [1.82, 2.24) is 0 Å². The molecule has 0 saturated heterocycles. The van der Waals surface area contributed by atoms with Crippen LogP contribution in [-0.2, 0) is 4.74 Å². The average Bonchev–Trinajstić information content (AvgIpc) is 3.05. The van der Waals surface area contributed by atoms with Crippen molar-refractivity contribution in [3.05, 3.63) is 114 Å². The quantitative estimate of drug-likeness (QED) is 0.0751. The number of hydrogen-bond acceptors (Lipinski definition) is 5. The van der Waals surface area contributed by atoms with Crippen LogP contribution in [0, 0.1) is 11.7 Å². The Bertz CT molecular complexity index is 1420. The molecule has 43 heavy (non-hydrogen) atoms. The van der Waals surface area contributed by atoms with E-state index in [4.69, 9.17) is 14.2 Å². The Morgan fingerprint density at radius 1 is 0.744 bits per heavy atom. The second-order valence-electron chi connectivity index (χ2n) is 10.6. The smallest absolute Gasteiger partial charge is 0.338 e. The van der Waals surface area contributed by atoms with E-state index >= 15 is 0 Å². The number of nitrogens with zero attached hydrogens (tertiary/aromatic N) is 1. The molecule has 0 amide bonds. The summed E-state index contributed by atoms with van der Waals surface area (Å²) < 4.78 is 30.2. The van der Waals surface area contributed by atoms with Gasteiger partial charge < -0.3 is 14.2 Å². The molecule has 0 bridgehead atoms. The van der Waals surface area contributed by atoms with Crippen LogP contribution in [0.3, 0.4) is 0 Å². The minimum atomic E-state index is -0.277. The molecule has 0 aromatic heterocycles. The molecule has 4 rings (SSSR count). The van der Waals surface area contributed by atoms with Crippen LogP contribution in [0.5, 0.6) is 11.5 Å². The summed E-state index contributed by atoms with van der Waals surface area (Å²) >= 11 is 0. The van der Waals surface area contributed by atoms with E-state index in [-0.39, 0.29) is 11.8 Å². The Hall–Kier alpha value is -4.45. The third kappa shape index (κ3) is 10.7. The van der Waals surface area contributed by atoms with Crippen LogP contribution in [0.4, 0.5) is 10.1 Å². The van der Waals surface area contributed by atoms with Gasteiger partial charge in [-0.15, -0.1) is 0 Å². The van der Waals surface area contributed by atoms with Gasteiger partial charge in [0.25, 0.3) is 0 Å². The third-order valence-corrected chi connectivity index (χ3v) is 7.15. The van der Waals surface area contributed by atoms with E-state index in [1.165, 1.54) is 12.1 Å². The summed E-state index contributed by atoms with van der Waals surface area (Å²) in [6.45, 7) is 5.95. The molecular weight excluding hydrogens is 541 g/mol. The first-order valence-electron chi connectivity index (χ1n) is 15.0. The molecule has 0 aliphatic rings. The number of aliphatic imine (C=N–C) groups is 1. The number of carbonyl (C=O) groups excluding carboxylic acids is 1. The van der Waals surface area contributed by atoms with Crippen LogP contribution in [-0.4, -0.2) is 32.0 Å². The summed E-state index contributed by atoms with van der Waals surface area (Å²) in [5.41, 5.74) is 4.34. The molecule has 0 N–H and O–H groups in total. The van der Waals surface area contributed by atoms with Gasteiger partial charge in [0, 0.05) is 6.21 Å². The summed E-state index contributed by atoms with van der Waals surface area (Å²) in [4.78, 5) is 16.6. The molecule has 1 atom stereocenters. The zero-order chi connectivity index (χ0) is 30.3. The standard InChI is InChI=1S/C37H40FNO4/c1-3-28(2)27-43-37(40)32-12-10-30(11-13-32)31-14-22-36(23-15-31)42-25-7-5-4-6-24-41-35-20-8-29(9-21-35)26-39-34-18-16-33(38)17-19-34/h8-23,26,28H,3-7,24-25,27H2,1-2H3. The molecule has 5 nitrogen and oxygen atoms in total. The van der Waals surface area contributed by atoms with Gasteiger partial charge in [-0.2, -0.15) is 0 Å². The predicted octanol–water partition coefficient (Wildman–Crippen LogP) is 9.46. The Balaban J connectivity index is 1.08. The van der Waals surface area contributed by atoms with E-state index < -0.39 is 0 Å². The Morgan fingerprint density at radius 2 is 1.28 bits per heavy atom. The molecular formula is C37H40FNO4. The van der Waals surface area contributed by atoms with Crippen molar-refractivity contribution >= 4 is 17.9 Å². The Morgan fingerprint density at radius 3 is 1.84 bits per heavy atom. The minimum absolute atomic E-state index is 0.269. The van der Waals surface area contributed by atoms with Crippen molar-refractivity contribution in [2.24, 2.45) is 10.9 Å². The molecule has 4 aromatic rings. The van der Waals surface area contributed by atoms with Crippen molar-refractivity contribution in [3.8, 4) is 22.6 Å².